The molecule has 1 rings (SSSR count). The number of halogens is 2. The van der Waals surface area contributed by atoms with Crippen molar-refractivity contribution in [3.05, 3.63) is 16.4 Å². The van der Waals surface area contributed by atoms with E-state index in [1.165, 1.54) is 0 Å². The highest BCUT2D eigenvalue weighted by Crippen LogP contribution is 2.09. The van der Waals surface area contributed by atoms with Gasteiger partial charge >= 0.3 is 0 Å². The summed E-state index contributed by atoms with van der Waals surface area (Å²) in [5, 5.41) is 3.94. The van der Waals surface area contributed by atoms with Crippen LogP contribution in [0.2, 0.25) is 0 Å². The van der Waals surface area contributed by atoms with Gasteiger partial charge < -0.3 is 0 Å². The molecular weight excluding hydrogens is 250 g/mol. The lowest BCUT2D eigenvalue weighted by atomic mass is 10.8. The highest BCUT2D eigenvalue weighted by atomic mass is 79.9. The molecule has 0 fully saturated rings. The summed E-state index contributed by atoms with van der Waals surface area (Å²) in [7, 11) is 0. The summed E-state index contributed by atoms with van der Waals surface area (Å²) >= 11 is 6.32. The fourth-order valence-electron chi connectivity index (χ4n) is 0.439. The van der Waals surface area contributed by atoms with Crippen LogP contribution in [-0.2, 0) is 6.54 Å². The Bertz CT molecular complexity index is 208. The summed E-state index contributed by atoms with van der Waals surface area (Å²) in [6, 6.07) is 0. The predicted molar refractivity (Wildman–Crippen MR) is 40.8 cm³/mol. The molecule has 49 valence electrons. The first-order chi connectivity index (χ1) is 4.24. The van der Waals surface area contributed by atoms with E-state index >= 15 is 0 Å². The minimum Gasteiger partial charge on any atom is -0.239 e. The average Bonchev–Trinajstić information content (AvgIpc) is 2.10. The molecule has 0 N–H and O–H groups in total. The molecule has 0 aliphatic heterocycles. The first kappa shape index (κ1) is 7.21. The zero-order valence-electron chi connectivity index (χ0n) is 4.51. The lowest BCUT2D eigenvalue weighted by Gasteiger charge is -1.90. The van der Waals surface area contributed by atoms with E-state index in [0.29, 0.717) is 16.0 Å². The zero-order chi connectivity index (χ0) is 6.85. The Morgan fingerprint density at radius 3 is 2.44 bits per heavy atom. The Labute approximate surface area is 69.7 Å². The Hall–Kier alpha value is 0.1000. The molecular formula is C4H4Br2N3. The van der Waals surface area contributed by atoms with Crippen LogP contribution in [0.4, 0.5) is 0 Å². The molecule has 1 radical (unpaired) electrons. The number of nitrogens with zero attached hydrogens (tertiary/aromatic N) is 3. The molecule has 0 saturated carbocycles. The molecule has 1 aromatic rings. The first-order valence-electron chi connectivity index (χ1n) is 2.29. The van der Waals surface area contributed by atoms with Gasteiger partial charge in [0, 0.05) is 6.54 Å². The second-order valence-corrected chi connectivity index (χ2v) is 2.79. The van der Waals surface area contributed by atoms with Crippen molar-refractivity contribution in [2.45, 2.75) is 6.54 Å². The van der Waals surface area contributed by atoms with E-state index < -0.39 is 0 Å². The van der Waals surface area contributed by atoms with Crippen LogP contribution in [0.1, 0.15) is 0 Å². The van der Waals surface area contributed by atoms with Crippen molar-refractivity contribution in [2.24, 2.45) is 0 Å². The molecule has 0 spiro atoms. The van der Waals surface area contributed by atoms with Gasteiger partial charge in [0.2, 0.25) is 4.73 Å². The number of aromatic nitrogens is 3. The second kappa shape index (κ2) is 2.79. The van der Waals surface area contributed by atoms with Crippen molar-refractivity contribution in [3.63, 3.8) is 0 Å². The maximum absolute atomic E-state index is 3.94. The molecule has 0 amide bonds. The minimum absolute atomic E-state index is 0.582. The van der Waals surface area contributed by atoms with Crippen molar-refractivity contribution in [1.82, 2.24) is 14.8 Å². The summed E-state index contributed by atoms with van der Waals surface area (Å²) in [4.78, 5) is 3.93. The Morgan fingerprint density at radius 2 is 2.22 bits per heavy atom. The van der Waals surface area contributed by atoms with Crippen molar-refractivity contribution >= 4 is 31.9 Å². The van der Waals surface area contributed by atoms with Crippen molar-refractivity contribution in [2.75, 3.05) is 0 Å². The highest BCUT2D eigenvalue weighted by Gasteiger charge is 2.00. The predicted octanol–water partition coefficient (Wildman–Crippen LogP) is 1.64. The van der Waals surface area contributed by atoms with Gasteiger partial charge in [0.15, 0.2) is 4.73 Å². The van der Waals surface area contributed by atoms with Crippen LogP contribution in [0.25, 0.3) is 0 Å². The van der Waals surface area contributed by atoms with Crippen LogP contribution in [0.3, 0.4) is 0 Å². The van der Waals surface area contributed by atoms with Crippen molar-refractivity contribution in [3.8, 4) is 0 Å². The van der Waals surface area contributed by atoms with E-state index in [0.717, 1.165) is 0 Å². The summed E-state index contributed by atoms with van der Waals surface area (Å²) in [5.41, 5.74) is 0. The summed E-state index contributed by atoms with van der Waals surface area (Å²) in [6.07, 6.45) is 0. The van der Waals surface area contributed by atoms with Crippen LogP contribution < -0.4 is 0 Å². The fourth-order valence-corrected chi connectivity index (χ4v) is 1.46. The summed E-state index contributed by atoms with van der Waals surface area (Å²) in [5.74, 6) is 0. The van der Waals surface area contributed by atoms with Crippen LogP contribution in [0.5, 0.6) is 0 Å². The minimum atomic E-state index is 0.582. The highest BCUT2D eigenvalue weighted by molar-refractivity contribution is 9.11. The van der Waals surface area contributed by atoms with Gasteiger partial charge in [-0.15, -0.1) is 5.10 Å². The van der Waals surface area contributed by atoms with E-state index in [2.05, 4.69) is 48.9 Å². The maximum atomic E-state index is 3.94. The number of hydrogen-bond donors (Lipinski definition) is 0. The summed E-state index contributed by atoms with van der Waals surface area (Å²) < 4.78 is 2.92. The van der Waals surface area contributed by atoms with Crippen LogP contribution in [0.15, 0.2) is 9.47 Å². The van der Waals surface area contributed by atoms with Crippen molar-refractivity contribution < 1.29 is 0 Å². The molecule has 0 atom stereocenters. The van der Waals surface area contributed by atoms with Crippen LogP contribution in [0, 0.1) is 6.92 Å². The molecule has 0 bridgehead atoms. The van der Waals surface area contributed by atoms with Crippen LogP contribution in [-0.4, -0.2) is 14.8 Å². The molecule has 0 saturated heterocycles. The lowest BCUT2D eigenvalue weighted by Crippen LogP contribution is -1.95. The van der Waals surface area contributed by atoms with E-state index in [-0.39, 0.29) is 0 Å². The second-order valence-electron chi connectivity index (χ2n) is 1.37. The van der Waals surface area contributed by atoms with E-state index in [4.69, 9.17) is 0 Å². The molecule has 1 heterocycles. The molecule has 1 aromatic heterocycles. The molecule has 9 heavy (non-hydrogen) atoms. The average molecular weight is 254 g/mol. The molecule has 0 aliphatic carbocycles. The number of rotatable bonds is 1. The van der Waals surface area contributed by atoms with Gasteiger partial charge in [-0.1, -0.05) is 0 Å². The molecule has 0 aliphatic rings. The van der Waals surface area contributed by atoms with Gasteiger partial charge in [-0.25, -0.2) is 4.68 Å². The molecule has 3 nitrogen and oxygen atoms in total. The monoisotopic (exact) mass is 252 g/mol. The topological polar surface area (TPSA) is 30.7 Å². The third kappa shape index (κ3) is 1.52. The number of hydrogen-bond acceptors (Lipinski definition) is 2. The Morgan fingerprint density at radius 1 is 1.56 bits per heavy atom. The van der Waals surface area contributed by atoms with Gasteiger partial charge in [-0.05, 0) is 38.8 Å². The van der Waals surface area contributed by atoms with Gasteiger partial charge in [0.1, 0.15) is 0 Å². The Balaban J connectivity index is 3.01. The van der Waals surface area contributed by atoms with Gasteiger partial charge in [-0.3, -0.25) is 0 Å². The normalized spacial score (nSPS) is 10.1. The SMILES string of the molecule is [CH2]Cn1nc(Br)nc1Br. The van der Waals surface area contributed by atoms with Crippen molar-refractivity contribution in [1.29, 1.82) is 0 Å². The quantitative estimate of drug-likeness (QED) is 0.762. The smallest absolute Gasteiger partial charge is 0.218 e. The van der Waals surface area contributed by atoms with E-state index in [1.807, 2.05) is 0 Å². The van der Waals surface area contributed by atoms with Gasteiger partial charge in [-0.2, -0.15) is 4.98 Å². The van der Waals surface area contributed by atoms with E-state index in [1.54, 1.807) is 4.68 Å². The third-order valence-corrected chi connectivity index (χ3v) is 1.74. The third-order valence-electron chi connectivity index (χ3n) is 0.813. The van der Waals surface area contributed by atoms with Gasteiger partial charge in [0.25, 0.3) is 0 Å². The fraction of sp³-hybridized carbons (Fsp3) is 0.250. The standard InChI is InChI=1S/C4H4Br2N3/c1-2-9-4(6)7-3(5)8-9/h1-2H2. The van der Waals surface area contributed by atoms with Gasteiger partial charge in [0.05, 0.1) is 0 Å². The largest absolute Gasteiger partial charge is 0.239 e. The molecule has 0 aromatic carbocycles. The zero-order valence-corrected chi connectivity index (χ0v) is 7.68. The first-order valence-corrected chi connectivity index (χ1v) is 3.87. The van der Waals surface area contributed by atoms with Crippen LogP contribution >= 0.6 is 31.9 Å². The Kier molecular flexibility index (Phi) is 2.23. The van der Waals surface area contributed by atoms with E-state index in [9.17, 15) is 0 Å². The maximum Gasteiger partial charge on any atom is 0.218 e. The molecule has 5 heteroatoms. The summed E-state index contributed by atoms with van der Waals surface area (Å²) in [6.45, 7) is 4.22. The lowest BCUT2D eigenvalue weighted by molar-refractivity contribution is 0.676. The molecule has 0 unspecified atom stereocenters.